The van der Waals surface area contributed by atoms with Gasteiger partial charge in [0.2, 0.25) is 11.5 Å². The molecule has 2 heterocycles. The van der Waals surface area contributed by atoms with Gasteiger partial charge in [0, 0.05) is 41.1 Å². The van der Waals surface area contributed by atoms with Gasteiger partial charge in [-0.3, -0.25) is 4.79 Å². The van der Waals surface area contributed by atoms with Crippen LogP contribution in [0.25, 0.3) is 0 Å². The van der Waals surface area contributed by atoms with Gasteiger partial charge in [-0.15, -0.1) is 0 Å². The lowest BCUT2D eigenvalue weighted by Gasteiger charge is -2.29. The Balaban J connectivity index is 1.56. The Kier molecular flexibility index (Phi) is 4.98. The molecule has 34 heavy (non-hydrogen) atoms. The van der Waals surface area contributed by atoms with Gasteiger partial charge < -0.3 is 10.0 Å². The van der Waals surface area contributed by atoms with Crippen molar-refractivity contribution in [1.82, 2.24) is 0 Å². The van der Waals surface area contributed by atoms with E-state index in [1.54, 1.807) is 0 Å². The number of anilines is 1. The molecule has 2 aromatic carbocycles. The van der Waals surface area contributed by atoms with Gasteiger partial charge in [-0.25, -0.2) is 0 Å². The second-order valence-corrected chi connectivity index (χ2v) is 10.6. The average Bonchev–Trinajstić information content (AvgIpc) is 3.15. The van der Waals surface area contributed by atoms with Crippen LogP contribution in [0.15, 0.2) is 83.3 Å². The maximum atomic E-state index is 13.3. The number of aliphatic hydroxyl groups is 1. The molecule has 0 unspecified atom stereocenters. The average molecular weight is 454 g/mol. The number of benzene rings is 2. The molecule has 0 aromatic heterocycles. The number of Topliss-reactive ketones (excluding diaryl/α,β-unsaturated/α-hetero) is 1. The van der Waals surface area contributed by atoms with Gasteiger partial charge in [-0.05, 0) is 38.0 Å². The summed E-state index contributed by atoms with van der Waals surface area (Å²) in [5.74, 6) is -0.00535. The summed E-state index contributed by atoms with van der Waals surface area (Å²) in [6.07, 6.45) is 4.78. The van der Waals surface area contributed by atoms with Crippen LogP contribution in [-0.4, -0.2) is 34.8 Å². The third kappa shape index (κ3) is 2.97. The molecule has 0 spiro atoms. The molecule has 5 rings (SSSR count). The van der Waals surface area contributed by atoms with Crippen molar-refractivity contribution in [2.75, 3.05) is 18.5 Å². The summed E-state index contributed by atoms with van der Waals surface area (Å²) in [6, 6.07) is 16.7. The van der Waals surface area contributed by atoms with E-state index < -0.39 is 0 Å². The van der Waals surface area contributed by atoms with Crippen LogP contribution in [0.2, 0.25) is 0 Å². The fraction of sp³-hybridized carbons (Fsp3) is 0.333. The van der Waals surface area contributed by atoms with E-state index in [0.717, 1.165) is 30.1 Å². The number of carbonyl (C=O) groups excluding carboxylic acids is 1. The van der Waals surface area contributed by atoms with E-state index in [1.807, 2.05) is 31.3 Å². The number of hydrogen-bond acceptors (Lipinski definition) is 3. The number of fused-ring (bicyclic) bond motifs is 2. The van der Waals surface area contributed by atoms with E-state index in [2.05, 4.69) is 80.5 Å². The summed E-state index contributed by atoms with van der Waals surface area (Å²) < 4.78 is 2.12. The first-order chi connectivity index (χ1) is 16.1. The zero-order valence-corrected chi connectivity index (χ0v) is 20.9. The summed E-state index contributed by atoms with van der Waals surface area (Å²) in [5.41, 5.74) is 7.17. The first kappa shape index (κ1) is 22.4. The van der Waals surface area contributed by atoms with Gasteiger partial charge in [-0.1, -0.05) is 57.2 Å². The van der Waals surface area contributed by atoms with E-state index in [-0.39, 0.29) is 22.4 Å². The Morgan fingerprint density at radius 2 is 1.59 bits per heavy atom. The predicted molar refractivity (Wildman–Crippen MR) is 138 cm³/mol. The minimum Gasteiger partial charge on any atom is -0.506 e. The Labute approximate surface area is 202 Å². The quantitative estimate of drug-likeness (QED) is 0.449. The highest BCUT2D eigenvalue weighted by Crippen LogP contribution is 2.49. The second kappa shape index (κ2) is 7.56. The first-order valence-corrected chi connectivity index (χ1v) is 12.1. The highest BCUT2D eigenvalue weighted by Gasteiger charge is 2.46. The molecule has 0 saturated carbocycles. The van der Waals surface area contributed by atoms with Crippen molar-refractivity contribution < 1.29 is 14.5 Å². The molecule has 0 atom stereocenters. The van der Waals surface area contributed by atoms with Crippen LogP contribution in [0.3, 0.4) is 0 Å². The van der Waals surface area contributed by atoms with Gasteiger partial charge in [0.25, 0.3) is 0 Å². The highest BCUT2D eigenvalue weighted by molar-refractivity contribution is 6.24. The molecule has 4 heteroatoms. The zero-order chi connectivity index (χ0) is 24.4. The summed E-state index contributed by atoms with van der Waals surface area (Å²) >= 11 is 0. The molecule has 1 N–H and O–H groups in total. The number of allylic oxidation sites excluding steroid dienone is 5. The van der Waals surface area contributed by atoms with Crippen molar-refractivity contribution in [3.63, 3.8) is 0 Å². The largest absolute Gasteiger partial charge is 0.506 e. The number of para-hydroxylation sites is 2. The van der Waals surface area contributed by atoms with Gasteiger partial charge in [0.15, 0.2) is 5.71 Å². The summed E-state index contributed by atoms with van der Waals surface area (Å²) in [6.45, 7) is 11.7. The number of rotatable bonds is 4. The van der Waals surface area contributed by atoms with E-state index in [9.17, 15) is 9.90 Å². The Hall–Kier alpha value is -3.40. The first-order valence-electron chi connectivity index (χ1n) is 12.1. The summed E-state index contributed by atoms with van der Waals surface area (Å²) in [7, 11) is 2.02. The minimum atomic E-state index is -0.250. The molecule has 0 amide bonds. The van der Waals surface area contributed by atoms with Gasteiger partial charge in [0.1, 0.15) is 12.8 Å². The third-order valence-corrected chi connectivity index (χ3v) is 7.75. The van der Waals surface area contributed by atoms with Crippen molar-refractivity contribution in [3.8, 4) is 0 Å². The molecular formula is C30H33N2O2+. The topological polar surface area (TPSA) is 43.5 Å². The molecule has 0 saturated heterocycles. The standard InChI is InChI=1S/C30H32N2O2/c1-7-16-32-24-15-11-9-13-22(24)30(4,5)26(32)18-20-27(33)19(28(20)34)17-25-29(2,3)21-12-8-10-14-23(21)31(25)6/h8-15,17-18H,7,16H2,1-6H3/p+1. The maximum absolute atomic E-state index is 13.3. The van der Waals surface area contributed by atoms with Crippen molar-refractivity contribution >= 4 is 22.9 Å². The molecule has 3 aliphatic rings. The Bertz CT molecular complexity index is 1350. The summed E-state index contributed by atoms with van der Waals surface area (Å²) in [4.78, 5) is 15.6. The van der Waals surface area contributed by atoms with E-state index >= 15 is 0 Å². The molecule has 0 radical (unpaired) electrons. The monoisotopic (exact) mass is 453 g/mol. The maximum Gasteiger partial charge on any atom is 0.209 e. The molecule has 1 aliphatic carbocycles. The smallest absolute Gasteiger partial charge is 0.209 e. The van der Waals surface area contributed by atoms with Crippen molar-refractivity contribution in [1.29, 1.82) is 0 Å². The molecule has 2 aliphatic heterocycles. The highest BCUT2D eigenvalue weighted by atomic mass is 16.3. The van der Waals surface area contributed by atoms with Gasteiger partial charge in [0.05, 0.1) is 16.6 Å². The molecular weight excluding hydrogens is 420 g/mol. The van der Waals surface area contributed by atoms with Crippen LogP contribution in [0.1, 0.15) is 52.2 Å². The van der Waals surface area contributed by atoms with E-state index in [1.165, 1.54) is 16.8 Å². The van der Waals surface area contributed by atoms with Crippen molar-refractivity contribution in [2.45, 2.75) is 51.9 Å². The van der Waals surface area contributed by atoms with Crippen LogP contribution in [0, 0.1) is 0 Å². The van der Waals surface area contributed by atoms with Crippen LogP contribution >= 0.6 is 0 Å². The van der Waals surface area contributed by atoms with Crippen LogP contribution in [-0.2, 0) is 15.6 Å². The number of carbonyl (C=O) groups is 1. The van der Waals surface area contributed by atoms with E-state index in [4.69, 9.17) is 0 Å². The minimum absolute atomic E-state index is 0.0911. The normalized spacial score (nSPS) is 22.5. The van der Waals surface area contributed by atoms with Crippen molar-refractivity contribution in [3.05, 3.63) is 94.4 Å². The fourth-order valence-electron chi connectivity index (χ4n) is 5.81. The lowest BCUT2D eigenvalue weighted by Crippen LogP contribution is -2.31. The van der Waals surface area contributed by atoms with Crippen LogP contribution < -0.4 is 4.90 Å². The molecule has 4 nitrogen and oxygen atoms in total. The lowest BCUT2D eigenvalue weighted by molar-refractivity contribution is -0.401. The fourth-order valence-corrected chi connectivity index (χ4v) is 5.81. The van der Waals surface area contributed by atoms with Crippen molar-refractivity contribution in [2.24, 2.45) is 0 Å². The second-order valence-electron chi connectivity index (χ2n) is 10.6. The lowest BCUT2D eigenvalue weighted by atomic mass is 9.77. The van der Waals surface area contributed by atoms with Crippen LogP contribution in [0.4, 0.5) is 11.4 Å². The molecule has 0 fully saturated rings. The molecule has 2 aromatic rings. The SMILES string of the molecule is CCCN1/C(=C/C2=C(O)C(=C/C3=[N+](C)c4ccccc4C3(C)C)/C2=O)C(C)(C)c2ccccc21. The van der Waals surface area contributed by atoms with Gasteiger partial charge in [-0.2, -0.15) is 4.58 Å². The number of hydrogen-bond donors (Lipinski definition) is 1. The van der Waals surface area contributed by atoms with Gasteiger partial charge >= 0.3 is 0 Å². The Morgan fingerprint density at radius 3 is 2.24 bits per heavy atom. The number of nitrogens with zero attached hydrogens (tertiary/aromatic N) is 2. The predicted octanol–water partition coefficient (Wildman–Crippen LogP) is 6.11. The van der Waals surface area contributed by atoms with Crippen LogP contribution in [0.5, 0.6) is 0 Å². The number of aliphatic hydroxyl groups excluding tert-OH is 1. The zero-order valence-electron chi connectivity index (χ0n) is 20.9. The summed E-state index contributed by atoms with van der Waals surface area (Å²) in [5, 5.41) is 11.0. The number of ketones is 1. The third-order valence-electron chi connectivity index (χ3n) is 7.75. The Morgan fingerprint density at radius 1 is 0.941 bits per heavy atom. The molecule has 174 valence electrons. The molecule has 0 bridgehead atoms. The van der Waals surface area contributed by atoms with E-state index in [0.29, 0.717) is 11.1 Å².